The summed E-state index contributed by atoms with van der Waals surface area (Å²) in [6.07, 6.45) is 3.87. The van der Waals surface area contributed by atoms with E-state index in [0.717, 1.165) is 12.8 Å². The summed E-state index contributed by atoms with van der Waals surface area (Å²) < 4.78 is 0. The number of rotatable bonds is 4. The van der Waals surface area contributed by atoms with Gasteiger partial charge >= 0.3 is 0 Å². The van der Waals surface area contributed by atoms with Gasteiger partial charge in [-0.05, 0) is 18.4 Å². The first-order chi connectivity index (χ1) is 6.14. The Labute approximate surface area is 79.8 Å². The molecule has 0 N–H and O–H groups in total. The Morgan fingerprint density at radius 2 is 1.85 bits per heavy atom. The van der Waals surface area contributed by atoms with Gasteiger partial charge in [-0.1, -0.05) is 44.2 Å². The number of carbonyl (C=O) groups excluding carboxylic acids is 1. The standard InChI is InChI=1S/C12H15O/c1-12(2,10-13)9-8-11-6-4-3-5-7-11/h3-7H,8-9H2,1-2H3. The third kappa shape index (κ3) is 3.41. The van der Waals surface area contributed by atoms with Crippen LogP contribution < -0.4 is 0 Å². The van der Waals surface area contributed by atoms with E-state index in [9.17, 15) is 4.79 Å². The average molecular weight is 175 g/mol. The van der Waals surface area contributed by atoms with Crippen LogP contribution >= 0.6 is 0 Å². The number of aryl methyl sites for hydroxylation is 1. The van der Waals surface area contributed by atoms with Gasteiger partial charge in [0.15, 0.2) is 0 Å². The average Bonchev–Trinajstić information content (AvgIpc) is 2.17. The first kappa shape index (κ1) is 9.97. The summed E-state index contributed by atoms with van der Waals surface area (Å²) in [6.45, 7) is 3.84. The zero-order chi connectivity index (χ0) is 9.73. The van der Waals surface area contributed by atoms with Crippen LogP contribution in [0.4, 0.5) is 0 Å². The molecule has 1 heteroatoms. The van der Waals surface area contributed by atoms with E-state index in [2.05, 4.69) is 18.4 Å². The molecule has 13 heavy (non-hydrogen) atoms. The molecule has 0 saturated heterocycles. The van der Waals surface area contributed by atoms with Crippen LogP contribution in [0.2, 0.25) is 0 Å². The normalized spacial score (nSPS) is 11.2. The van der Waals surface area contributed by atoms with Crippen molar-refractivity contribution in [1.82, 2.24) is 0 Å². The summed E-state index contributed by atoms with van der Waals surface area (Å²) in [7, 11) is 0. The first-order valence-electron chi connectivity index (χ1n) is 4.57. The Bertz CT molecular complexity index is 262. The molecule has 0 aliphatic heterocycles. The van der Waals surface area contributed by atoms with Crippen molar-refractivity contribution < 1.29 is 4.79 Å². The Morgan fingerprint density at radius 1 is 1.23 bits per heavy atom. The SMILES string of the molecule is CC(C)([C]=O)CCc1ccccc1. The maximum atomic E-state index is 10.5. The highest BCUT2D eigenvalue weighted by Crippen LogP contribution is 2.19. The van der Waals surface area contributed by atoms with Crippen molar-refractivity contribution in [1.29, 1.82) is 0 Å². The number of benzene rings is 1. The predicted molar refractivity (Wildman–Crippen MR) is 54.2 cm³/mol. The van der Waals surface area contributed by atoms with Crippen molar-refractivity contribution in [2.24, 2.45) is 5.41 Å². The molecule has 1 nitrogen and oxygen atoms in total. The second kappa shape index (κ2) is 4.22. The van der Waals surface area contributed by atoms with Crippen LogP contribution in [0.1, 0.15) is 25.8 Å². The van der Waals surface area contributed by atoms with Crippen LogP contribution in [0.3, 0.4) is 0 Å². The van der Waals surface area contributed by atoms with E-state index in [-0.39, 0.29) is 5.41 Å². The van der Waals surface area contributed by atoms with Crippen LogP contribution in [0, 0.1) is 5.41 Å². The predicted octanol–water partition coefficient (Wildman–Crippen LogP) is 2.76. The zero-order valence-electron chi connectivity index (χ0n) is 8.21. The minimum Gasteiger partial charge on any atom is -0.290 e. The lowest BCUT2D eigenvalue weighted by molar-refractivity contribution is 0.424. The molecule has 69 valence electrons. The van der Waals surface area contributed by atoms with Crippen LogP contribution in [-0.2, 0) is 11.2 Å². The van der Waals surface area contributed by atoms with Crippen molar-refractivity contribution in [3.8, 4) is 0 Å². The molecule has 0 aromatic heterocycles. The van der Waals surface area contributed by atoms with E-state index in [1.165, 1.54) is 5.56 Å². The van der Waals surface area contributed by atoms with Gasteiger partial charge < -0.3 is 0 Å². The zero-order valence-corrected chi connectivity index (χ0v) is 8.21. The molecule has 0 bridgehead atoms. The topological polar surface area (TPSA) is 17.1 Å². The van der Waals surface area contributed by atoms with Crippen molar-refractivity contribution in [2.75, 3.05) is 0 Å². The lowest BCUT2D eigenvalue weighted by Gasteiger charge is -2.14. The fourth-order valence-electron chi connectivity index (χ4n) is 1.15. The van der Waals surface area contributed by atoms with E-state index < -0.39 is 0 Å². The molecular formula is C12H15O. The van der Waals surface area contributed by atoms with Crippen LogP contribution in [0.15, 0.2) is 30.3 Å². The Morgan fingerprint density at radius 3 is 2.38 bits per heavy atom. The van der Waals surface area contributed by atoms with Gasteiger partial charge in [0, 0.05) is 5.41 Å². The van der Waals surface area contributed by atoms with Crippen molar-refractivity contribution in [3.63, 3.8) is 0 Å². The summed E-state index contributed by atoms with van der Waals surface area (Å²) in [5.41, 5.74) is 0.973. The van der Waals surface area contributed by atoms with Gasteiger partial charge in [0.1, 0.15) is 0 Å². The monoisotopic (exact) mass is 175 g/mol. The van der Waals surface area contributed by atoms with Crippen LogP contribution in [0.5, 0.6) is 0 Å². The minimum absolute atomic E-state index is 0.310. The van der Waals surface area contributed by atoms with Gasteiger partial charge in [0.05, 0.1) is 0 Å². The molecule has 1 aromatic carbocycles. The Balaban J connectivity index is 2.48. The van der Waals surface area contributed by atoms with Crippen LogP contribution in [-0.4, -0.2) is 6.29 Å². The van der Waals surface area contributed by atoms with E-state index in [0.29, 0.717) is 0 Å². The lowest BCUT2D eigenvalue weighted by atomic mass is 9.88. The molecular weight excluding hydrogens is 160 g/mol. The molecule has 0 aliphatic carbocycles. The van der Waals surface area contributed by atoms with Crippen molar-refractivity contribution in [2.45, 2.75) is 26.7 Å². The summed E-state index contributed by atoms with van der Waals surface area (Å²) in [4.78, 5) is 10.5. The molecule has 0 heterocycles. The molecule has 1 radical (unpaired) electrons. The van der Waals surface area contributed by atoms with Gasteiger partial charge in [0.2, 0.25) is 6.29 Å². The molecule has 0 unspecified atom stereocenters. The van der Waals surface area contributed by atoms with Gasteiger partial charge in [-0.3, -0.25) is 4.79 Å². The van der Waals surface area contributed by atoms with Gasteiger partial charge in [0.25, 0.3) is 0 Å². The molecule has 0 saturated carbocycles. The second-order valence-corrected chi connectivity index (χ2v) is 3.97. The highest BCUT2D eigenvalue weighted by atomic mass is 16.1. The third-order valence-corrected chi connectivity index (χ3v) is 2.16. The maximum Gasteiger partial charge on any atom is 0.204 e. The number of hydrogen-bond donors (Lipinski definition) is 0. The van der Waals surface area contributed by atoms with E-state index >= 15 is 0 Å². The first-order valence-corrected chi connectivity index (χ1v) is 4.57. The Hall–Kier alpha value is -1.11. The van der Waals surface area contributed by atoms with Crippen molar-refractivity contribution >= 4 is 6.29 Å². The lowest BCUT2D eigenvalue weighted by Crippen LogP contribution is -2.13. The molecule has 0 atom stereocenters. The second-order valence-electron chi connectivity index (χ2n) is 3.97. The number of hydrogen-bond acceptors (Lipinski definition) is 1. The summed E-state index contributed by atoms with van der Waals surface area (Å²) >= 11 is 0. The van der Waals surface area contributed by atoms with Gasteiger partial charge in [-0.15, -0.1) is 0 Å². The molecule has 0 fully saturated rings. The van der Waals surface area contributed by atoms with Gasteiger partial charge in [-0.2, -0.15) is 0 Å². The smallest absolute Gasteiger partial charge is 0.204 e. The summed E-state index contributed by atoms with van der Waals surface area (Å²) in [5.74, 6) is 0. The van der Waals surface area contributed by atoms with Crippen LogP contribution in [0.25, 0.3) is 0 Å². The highest BCUT2D eigenvalue weighted by molar-refractivity contribution is 5.58. The van der Waals surface area contributed by atoms with E-state index in [1.807, 2.05) is 32.0 Å². The van der Waals surface area contributed by atoms with Gasteiger partial charge in [-0.25, -0.2) is 0 Å². The largest absolute Gasteiger partial charge is 0.290 e. The molecule has 1 aromatic rings. The summed E-state index contributed by atoms with van der Waals surface area (Å²) in [5, 5.41) is 0. The fraction of sp³-hybridized carbons (Fsp3) is 0.417. The highest BCUT2D eigenvalue weighted by Gasteiger charge is 2.16. The summed E-state index contributed by atoms with van der Waals surface area (Å²) in [6, 6.07) is 10.2. The maximum absolute atomic E-state index is 10.5. The Kier molecular flexibility index (Phi) is 3.24. The molecule has 0 amide bonds. The van der Waals surface area contributed by atoms with E-state index in [4.69, 9.17) is 0 Å². The molecule has 0 spiro atoms. The van der Waals surface area contributed by atoms with Crippen molar-refractivity contribution in [3.05, 3.63) is 35.9 Å². The molecule has 1 rings (SSSR count). The third-order valence-electron chi connectivity index (χ3n) is 2.16. The van der Waals surface area contributed by atoms with E-state index in [1.54, 1.807) is 0 Å². The quantitative estimate of drug-likeness (QED) is 0.687. The minimum atomic E-state index is -0.310. The molecule has 0 aliphatic rings. The fourth-order valence-corrected chi connectivity index (χ4v) is 1.15.